The van der Waals surface area contributed by atoms with E-state index in [9.17, 15) is 0 Å². The molecule has 0 saturated heterocycles. The van der Waals surface area contributed by atoms with Gasteiger partial charge in [-0.15, -0.1) is 0 Å². The van der Waals surface area contributed by atoms with Crippen LogP contribution in [0.3, 0.4) is 0 Å². The Morgan fingerprint density at radius 1 is 0.568 bits per heavy atom. The minimum Gasteiger partial charge on any atom is -0.0655 e. The molecule has 44 heavy (non-hydrogen) atoms. The maximum Gasteiger partial charge on any atom is 0.0299 e. The summed E-state index contributed by atoms with van der Waals surface area (Å²) in [5.41, 5.74) is 17.4. The Labute approximate surface area is 288 Å². The van der Waals surface area contributed by atoms with Crippen LogP contribution in [-0.4, -0.2) is 9.52 Å². The van der Waals surface area contributed by atoms with Gasteiger partial charge in [-0.2, -0.15) is 0 Å². The van der Waals surface area contributed by atoms with Crippen LogP contribution in [-0.2, 0) is 26.2 Å². The Hall–Kier alpha value is -2.54. The largest absolute Gasteiger partial charge is 0.0655 e. The Morgan fingerprint density at radius 3 is 1.32 bits per heavy atom. The van der Waals surface area contributed by atoms with Crippen LogP contribution >= 0.6 is 0 Å². The molecule has 1 radical (unpaired) electrons. The first-order chi connectivity index (χ1) is 20.9. The molecule has 4 aromatic carbocycles. The van der Waals surface area contributed by atoms with E-state index in [0.717, 1.165) is 0 Å². The van der Waals surface area contributed by atoms with E-state index in [2.05, 4.69) is 139 Å². The van der Waals surface area contributed by atoms with Gasteiger partial charge in [0.2, 0.25) is 0 Å². The van der Waals surface area contributed by atoms with Gasteiger partial charge >= 0.3 is 0 Å². The average Bonchev–Trinajstić information content (AvgIpc) is 3.55. The zero-order valence-electron chi connectivity index (χ0n) is 27.5. The molecule has 4 atom stereocenters. The molecular weight excluding hydrogens is 624 g/mol. The predicted molar refractivity (Wildman–Crippen MR) is 191 cm³/mol. The van der Waals surface area contributed by atoms with E-state index in [1.54, 1.807) is 0 Å². The SMILES string of the molecule is CCC(C)c1ccc(-c2cccc3c2C=C(C)C3C[SiH]CC2C(C)=Cc3c(-c4ccc(C(C)CC)cc4)cccc32)cc1.[Zr]. The monoisotopic (exact) mass is 669 g/mol. The van der Waals surface area contributed by atoms with Gasteiger partial charge in [0.05, 0.1) is 0 Å². The summed E-state index contributed by atoms with van der Waals surface area (Å²) in [5, 5.41) is 0. The summed E-state index contributed by atoms with van der Waals surface area (Å²) in [5.74, 6) is 2.35. The van der Waals surface area contributed by atoms with E-state index in [1.165, 1.54) is 91.7 Å². The van der Waals surface area contributed by atoms with E-state index in [4.69, 9.17) is 0 Å². The zero-order chi connectivity index (χ0) is 30.1. The molecule has 0 spiro atoms. The molecule has 0 fully saturated rings. The maximum atomic E-state index is 2.48. The van der Waals surface area contributed by atoms with Crippen LogP contribution in [0, 0.1) is 0 Å². The Kier molecular flexibility index (Phi) is 10.6. The Balaban J connectivity index is 0.00000384. The van der Waals surface area contributed by atoms with Crippen LogP contribution in [0.25, 0.3) is 34.4 Å². The topological polar surface area (TPSA) is 0 Å². The molecule has 0 amide bonds. The van der Waals surface area contributed by atoms with Crippen LogP contribution in [0.15, 0.2) is 96.1 Å². The van der Waals surface area contributed by atoms with E-state index < -0.39 is 0 Å². The van der Waals surface area contributed by atoms with Gasteiger partial charge < -0.3 is 0 Å². The second-order valence-electron chi connectivity index (χ2n) is 13.1. The molecule has 0 aromatic heterocycles. The summed E-state index contributed by atoms with van der Waals surface area (Å²) >= 11 is 0. The minimum atomic E-state index is 0. The number of hydrogen-bond donors (Lipinski definition) is 0. The van der Waals surface area contributed by atoms with Crippen LogP contribution < -0.4 is 0 Å². The van der Waals surface area contributed by atoms with Gasteiger partial charge in [-0.1, -0.05) is 148 Å². The van der Waals surface area contributed by atoms with E-state index in [0.29, 0.717) is 33.2 Å². The van der Waals surface area contributed by atoms with Crippen molar-refractivity contribution < 1.29 is 26.2 Å². The van der Waals surface area contributed by atoms with Gasteiger partial charge in [-0.25, -0.2) is 0 Å². The first kappa shape index (κ1) is 32.8. The Bertz CT molecular complexity index is 1530. The molecule has 2 aliphatic carbocycles. The number of rotatable bonds is 10. The molecule has 0 nitrogen and oxygen atoms in total. The molecule has 4 aromatic rings. The average molecular weight is 671 g/mol. The molecule has 0 saturated carbocycles. The third-order valence-electron chi connectivity index (χ3n) is 10.5. The van der Waals surface area contributed by atoms with Crippen LogP contribution in [0.2, 0.25) is 12.1 Å². The molecule has 0 bridgehead atoms. The van der Waals surface area contributed by atoms with Crippen molar-refractivity contribution in [2.24, 2.45) is 0 Å². The summed E-state index contributed by atoms with van der Waals surface area (Å²) in [7, 11) is 0.337. The molecule has 4 unspecified atom stereocenters. The summed E-state index contributed by atoms with van der Waals surface area (Å²) in [6.45, 7) is 13.9. The molecule has 6 rings (SSSR count). The standard InChI is InChI=1S/C42H47Si.Zr/c1-7-27(3)31-15-19-33(20-16-31)35-11-9-13-37-39(35)23-29(5)41(37)25-43-26-42-30(6)24-40-36(12-10-14-38(40)42)34-21-17-32(18-22-34)28(4)8-2;/h9-24,27-28,41-43H,7-8,25-26H2,1-6H3;. The zero-order valence-corrected chi connectivity index (χ0v) is 31.1. The summed E-state index contributed by atoms with van der Waals surface area (Å²) in [6.07, 6.45) is 7.32. The van der Waals surface area contributed by atoms with Crippen molar-refractivity contribution in [2.45, 2.75) is 90.1 Å². The van der Waals surface area contributed by atoms with E-state index >= 15 is 0 Å². The number of allylic oxidation sites excluding steroid dienone is 2. The first-order valence-corrected chi connectivity index (χ1v) is 18.2. The normalized spacial score (nSPS) is 18.1. The fourth-order valence-corrected chi connectivity index (χ4v) is 9.37. The summed E-state index contributed by atoms with van der Waals surface area (Å²) < 4.78 is 0. The smallest absolute Gasteiger partial charge is 0.0299 e. The quantitative estimate of drug-likeness (QED) is 0.147. The van der Waals surface area contributed by atoms with Gasteiger partial charge in [0.1, 0.15) is 0 Å². The van der Waals surface area contributed by atoms with Crippen molar-refractivity contribution in [2.75, 3.05) is 0 Å². The molecule has 0 N–H and O–H groups in total. The van der Waals surface area contributed by atoms with Gasteiger partial charge in [-0.3, -0.25) is 0 Å². The Morgan fingerprint density at radius 2 is 0.955 bits per heavy atom. The first-order valence-electron chi connectivity index (χ1n) is 16.5. The van der Waals surface area contributed by atoms with Crippen molar-refractivity contribution >= 4 is 21.7 Å². The van der Waals surface area contributed by atoms with Crippen LogP contribution in [0.1, 0.15) is 111 Å². The van der Waals surface area contributed by atoms with Crippen molar-refractivity contribution in [1.82, 2.24) is 0 Å². The fourth-order valence-electron chi connectivity index (χ4n) is 7.26. The van der Waals surface area contributed by atoms with Crippen LogP contribution in [0.4, 0.5) is 0 Å². The number of hydrogen-bond acceptors (Lipinski definition) is 0. The van der Waals surface area contributed by atoms with Crippen molar-refractivity contribution in [3.63, 3.8) is 0 Å². The predicted octanol–water partition coefficient (Wildman–Crippen LogP) is 12.0. The fraction of sp³-hybridized carbons (Fsp3) is 0.333. The molecule has 2 aliphatic rings. The third kappa shape index (κ3) is 6.41. The van der Waals surface area contributed by atoms with E-state index in [-0.39, 0.29) is 26.2 Å². The van der Waals surface area contributed by atoms with Crippen molar-refractivity contribution in [3.8, 4) is 22.3 Å². The van der Waals surface area contributed by atoms with Gasteiger partial charge in [-0.05, 0) is 94.2 Å². The molecule has 0 heterocycles. The summed E-state index contributed by atoms with van der Waals surface area (Å²) in [4.78, 5) is 0. The minimum absolute atomic E-state index is 0. The number of benzene rings is 4. The van der Waals surface area contributed by atoms with Gasteiger partial charge in [0.15, 0.2) is 0 Å². The maximum absolute atomic E-state index is 2.48. The van der Waals surface area contributed by atoms with Crippen LogP contribution in [0.5, 0.6) is 0 Å². The molecule has 2 heteroatoms. The van der Waals surface area contributed by atoms with E-state index in [1.807, 2.05) is 0 Å². The van der Waals surface area contributed by atoms with Crippen molar-refractivity contribution in [3.05, 3.63) is 129 Å². The van der Waals surface area contributed by atoms with Gasteiger partial charge in [0.25, 0.3) is 0 Å². The number of fused-ring (bicyclic) bond motifs is 2. The second-order valence-corrected chi connectivity index (χ2v) is 14.6. The molecule has 0 aliphatic heterocycles. The molecule has 223 valence electrons. The molecular formula is C42H47SiZr. The van der Waals surface area contributed by atoms with Crippen molar-refractivity contribution in [1.29, 1.82) is 0 Å². The van der Waals surface area contributed by atoms with Gasteiger partial charge in [0, 0.05) is 47.6 Å². The third-order valence-corrected chi connectivity index (χ3v) is 12.1. The second kappa shape index (κ2) is 14.3. The summed E-state index contributed by atoms with van der Waals surface area (Å²) in [6, 6.07) is 35.2.